The first-order chi connectivity index (χ1) is 17.7. The van der Waals surface area contributed by atoms with E-state index < -0.39 is 0 Å². The number of pyridine rings is 1. The minimum absolute atomic E-state index is 0.502. The second-order valence-electron chi connectivity index (χ2n) is 8.93. The summed E-state index contributed by atoms with van der Waals surface area (Å²) >= 11 is 0. The molecular weight excluding hydrogens is 450 g/mol. The van der Waals surface area contributed by atoms with Crippen LogP contribution in [0.15, 0.2) is 67.1 Å². The molecule has 0 radical (unpaired) electrons. The average Bonchev–Trinajstić information content (AvgIpc) is 3.38. The highest BCUT2D eigenvalue weighted by Gasteiger charge is 2.23. The van der Waals surface area contributed by atoms with Gasteiger partial charge in [-0.25, -0.2) is 14.5 Å². The molecule has 0 unspecified atom stereocenters. The summed E-state index contributed by atoms with van der Waals surface area (Å²) in [5.74, 6) is 0.599. The molecule has 9 heteroatoms. The second kappa shape index (κ2) is 9.24. The Hall–Kier alpha value is -4.55. The van der Waals surface area contributed by atoms with E-state index in [1.54, 1.807) is 17.0 Å². The Morgan fingerprint density at radius 1 is 1.00 bits per heavy atom. The van der Waals surface area contributed by atoms with Crippen molar-refractivity contribution in [3.05, 3.63) is 78.4 Å². The van der Waals surface area contributed by atoms with Gasteiger partial charge in [0.25, 0.3) is 0 Å². The quantitative estimate of drug-likeness (QED) is 0.412. The van der Waals surface area contributed by atoms with Gasteiger partial charge in [-0.05, 0) is 25.2 Å². The summed E-state index contributed by atoms with van der Waals surface area (Å²) in [6, 6.07) is 20.1. The zero-order valence-corrected chi connectivity index (χ0v) is 20.0. The topological polar surface area (TPSA) is 98.3 Å². The van der Waals surface area contributed by atoms with Crippen molar-refractivity contribution in [3.8, 4) is 17.5 Å². The number of rotatable bonds is 5. The van der Waals surface area contributed by atoms with E-state index in [1.807, 2.05) is 54.6 Å². The summed E-state index contributed by atoms with van der Waals surface area (Å²) in [5, 5.41) is 19.1. The number of anilines is 2. The molecule has 3 aromatic heterocycles. The maximum absolute atomic E-state index is 10.3. The van der Waals surface area contributed by atoms with Crippen LogP contribution >= 0.6 is 0 Å². The summed E-state index contributed by atoms with van der Waals surface area (Å²) in [6.07, 6.45) is 3.46. The first-order valence-corrected chi connectivity index (χ1v) is 12.0. The molecule has 1 fully saturated rings. The molecule has 1 saturated heterocycles. The Morgan fingerprint density at radius 2 is 1.81 bits per heavy atom. The van der Waals surface area contributed by atoms with Crippen molar-refractivity contribution in [1.29, 1.82) is 5.26 Å². The summed E-state index contributed by atoms with van der Waals surface area (Å²) < 4.78 is 1.67. The minimum atomic E-state index is 0.502. The highest BCUT2D eigenvalue weighted by atomic mass is 15.3. The molecular formula is C27H25N9. The van der Waals surface area contributed by atoms with Gasteiger partial charge in [-0.1, -0.05) is 36.4 Å². The molecule has 1 aliphatic heterocycles. The maximum Gasteiger partial charge on any atom is 0.182 e. The predicted octanol–water partition coefficient (Wildman–Crippen LogP) is 3.58. The molecule has 1 N–H and O–H groups in total. The number of fused-ring (bicyclic) bond motifs is 3. The SMILES string of the molecule is CN1CCN(c2cc(NCc3ccccn3)c(C#N)c3c2ncn2nc(-c4ccccc4)nc32)CC1. The van der Waals surface area contributed by atoms with Crippen molar-refractivity contribution in [3.63, 3.8) is 0 Å². The molecule has 5 aromatic rings. The zero-order chi connectivity index (χ0) is 24.5. The van der Waals surface area contributed by atoms with E-state index in [-0.39, 0.29) is 0 Å². The largest absolute Gasteiger partial charge is 0.378 e. The number of likely N-dealkylation sites (N-methyl/N-ethyl adjacent to an activating group) is 1. The molecule has 0 aliphatic carbocycles. The number of benzene rings is 2. The Kier molecular flexibility index (Phi) is 5.64. The number of nitriles is 1. The fraction of sp³-hybridized carbons (Fsp3) is 0.222. The third-order valence-electron chi connectivity index (χ3n) is 6.60. The standard InChI is InChI=1S/C27H25N9/c1-34-11-13-35(14-12-34)23-15-22(30-17-20-9-5-6-10-29-20)21(16-28)24-25(23)31-18-36-27(24)32-26(33-36)19-7-3-2-4-8-19/h2-10,15,18,30H,11-14,17H2,1H3. The smallest absolute Gasteiger partial charge is 0.182 e. The number of piperazine rings is 1. The number of aromatic nitrogens is 5. The van der Waals surface area contributed by atoms with Crippen molar-refractivity contribution < 1.29 is 0 Å². The molecule has 0 bridgehead atoms. The van der Waals surface area contributed by atoms with Crippen LogP contribution in [0.2, 0.25) is 0 Å². The van der Waals surface area contributed by atoms with Gasteiger partial charge in [0.1, 0.15) is 17.9 Å². The summed E-state index contributed by atoms with van der Waals surface area (Å²) in [6.45, 7) is 4.19. The van der Waals surface area contributed by atoms with Crippen molar-refractivity contribution >= 4 is 27.9 Å². The first kappa shape index (κ1) is 21.9. The number of nitrogens with zero attached hydrogens (tertiary/aromatic N) is 8. The third-order valence-corrected chi connectivity index (χ3v) is 6.60. The lowest BCUT2D eigenvalue weighted by atomic mass is 10.0. The lowest BCUT2D eigenvalue weighted by molar-refractivity contribution is 0.313. The van der Waals surface area contributed by atoms with Gasteiger partial charge >= 0.3 is 0 Å². The normalized spacial score (nSPS) is 14.3. The molecule has 2 aromatic carbocycles. The number of nitrogens with one attached hydrogen (secondary N) is 1. The van der Waals surface area contributed by atoms with Crippen molar-refractivity contribution in [2.24, 2.45) is 0 Å². The molecule has 36 heavy (non-hydrogen) atoms. The van der Waals surface area contributed by atoms with Crippen LogP contribution in [0.5, 0.6) is 0 Å². The Balaban J connectivity index is 1.55. The maximum atomic E-state index is 10.3. The van der Waals surface area contributed by atoms with E-state index in [1.165, 1.54) is 0 Å². The molecule has 1 aliphatic rings. The molecule has 0 amide bonds. The van der Waals surface area contributed by atoms with Crippen LogP contribution in [0, 0.1) is 11.3 Å². The Bertz CT molecular complexity index is 1560. The van der Waals surface area contributed by atoms with E-state index in [0.29, 0.717) is 29.0 Å². The molecule has 6 rings (SSSR count). The van der Waals surface area contributed by atoms with Gasteiger partial charge in [0.2, 0.25) is 0 Å². The lowest BCUT2D eigenvalue weighted by Crippen LogP contribution is -2.44. The fourth-order valence-corrected chi connectivity index (χ4v) is 4.64. The molecule has 0 atom stereocenters. The third kappa shape index (κ3) is 3.97. The van der Waals surface area contributed by atoms with Crippen molar-refractivity contribution in [2.75, 3.05) is 43.4 Å². The monoisotopic (exact) mass is 475 g/mol. The van der Waals surface area contributed by atoms with Gasteiger partial charge in [-0.3, -0.25) is 4.98 Å². The van der Waals surface area contributed by atoms with Gasteiger partial charge in [-0.2, -0.15) is 5.26 Å². The molecule has 178 valence electrons. The van der Waals surface area contributed by atoms with Crippen LogP contribution in [0.3, 0.4) is 0 Å². The average molecular weight is 476 g/mol. The van der Waals surface area contributed by atoms with Gasteiger partial charge in [0, 0.05) is 37.9 Å². The number of hydrogen-bond donors (Lipinski definition) is 1. The van der Waals surface area contributed by atoms with Crippen LogP contribution in [-0.2, 0) is 6.54 Å². The van der Waals surface area contributed by atoms with Crippen molar-refractivity contribution in [2.45, 2.75) is 6.54 Å². The van der Waals surface area contributed by atoms with E-state index in [4.69, 9.17) is 9.97 Å². The highest BCUT2D eigenvalue weighted by molar-refractivity contribution is 6.06. The van der Waals surface area contributed by atoms with Crippen LogP contribution < -0.4 is 10.2 Å². The first-order valence-electron chi connectivity index (χ1n) is 12.0. The molecule has 0 saturated carbocycles. The van der Waals surface area contributed by atoms with Crippen LogP contribution in [-0.4, -0.2) is 62.7 Å². The van der Waals surface area contributed by atoms with Gasteiger partial charge in [0.05, 0.1) is 34.6 Å². The van der Waals surface area contributed by atoms with Crippen LogP contribution in [0.4, 0.5) is 11.4 Å². The van der Waals surface area contributed by atoms with E-state index in [0.717, 1.165) is 54.3 Å². The van der Waals surface area contributed by atoms with Gasteiger partial charge < -0.3 is 15.1 Å². The predicted molar refractivity (Wildman–Crippen MR) is 140 cm³/mol. The van der Waals surface area contributed by atoms with E-state index >= 15 is 0 Å². The lowest BCUT2D eigenvalue weighted by Gasteiger charge is -2.34. The highest BCUT2D eigenvalue weighted by Crippen LogP contribution is 2.36. The van der Waals surface area contributed by atoms with Gasteiger partial charge in [0.15, 0.2) is 11.5 Å². The van der Waals surface area contributed by atoms with E-state index in [2.05, 4.69) is 38.3 Å². The number of hydrogen-bond acceptors (Lipinski definition) is 8. The Morgan fingerprint density at radius 3 is 2.56 bits per heavy atom. The summed E-state index contributed by atoms with van der Waals surface area (Å²) in [5.41, 5.74) is 5.43. The van der Waals surface area contributed by atoms with E-state index in [9.17, 15) is 5.26 Å². The molecule has 4 heterocycles. The molecule has 9 nitrogen and oxygen atoms in total. The minimum Gasteiger partial charge on any atom is -0.378 e. The molecule has 0 spiro atoms. The Labute approximate surface area is 208 Å². The van der Waals surface area contributed by atoms with Crippen LogP contribution in [0.25, 0.3) is 27.9 Å². The summed E-state index contributed by atoms with van der Waals surface area (Å²) in [4.78, 5) is 18.7. The van der Waals surface area contributed by atoms with Gasteiger partial charge in [-0.15, -0.1) is 5.10 Å². The van der Waals surface area contributed by atoms with Crippen LogP contribution in [0.1, 0.15) is 11.3 Å². The summed E-state index contributed by atoms with van der Waals surface area (Å²) in [7, 11) is 2.14. The fourth-order valence-electron chi connectivity index (χ4n) is 4.64. The van der Waals surface area contributed by atoms with Crippen molar-refractivity contribution in [1.82, 2.24) is 29.5 Å². The second-order valence-corrected chi connectivity index (χ2v) is 8.93. The zero-order valence-electron chi connectivity index (χ0n) is 20.0.